The van der Waals surface area contributed by atoms with Crippen LogP contribution >= 0.6 is 0 Å². The number of nitrogens with two attached hydrogens (primary N) is 1. The molecule has 0 saturated carbocycles. The minimum Gasteiger partial charge on any atom is -0.382 e. The predicted molar refractivity (Wildman–Crippen MR) is 89.1 cm³/mol. The Balaban J connectivity index is 2.16. The van der Waals surface area contributed by atoms with Gasteiger partial charge in [0.05, 0.1) is 0 Å². The molecule has 0 heterocycles. The van der Waals surface area contributed by atoms with Crippen LogP contribution in [0.25, 0.3) is 0 Å². The highest BCUT2D eigenvalue weighted by Gasteiger charge is 2.04. The van der Waals surface area contributed by atoms with Gasteiger partial charge in [-0.1, -0.05) is 17.7 Å². The molecule has 0 saturated heterocycles. The minimum absolute atomic E-state index is 0.0854. The first-order valence-electron chi connectivity index (χ1n) is 7.60. The molecular formula is C16H26N4O2. The fraction of sp³-hybridized carbons (Fsp3) is 0.500. The Morgan fingerprint density at radius 3 is 2.82 bits per heavy atom. The zero-order chi connectivity index (χ0) is 16.2. The molecule has 0 fully saturated rings. The van der Waals surface area contributed by atoms with Crippen LogP contribution in [0.1, 0.15) is 29.3 Å². The van der Waals surface area contributed by atoms with Crippen molar-refractivity contribution in [2.24, 2.45) is 10.7 Å². The summed E-state index contributed by atoms with van der Waals surface area (Å²) < 4.78 is 5.21. The Morgan fingerprint density at radius 1 is 1.32 bits per heavy atom. The van der Waals surface area contributed by atoms with Gasteiger partial charge in [0.15, 0.2) is 5.96 Å². The number of rotatable bonds is 9. The molecule has 0 unspecified atom stereocenters. The molecule has 0 aliphatic carbocycles. The van der Waals surface area contributed by atoms with Crippen molar-refractivity contribution in [3.8, 4) is 0 Å². The maximum absolute atomic E-state index is 11.9. The number of nitrogens with one attached hydrogen (secondary N) is 2. The summed E-state index contributed by atoms with van der Waals surface area (Å²) in [7, 11) is 0. The molecule has 0 radical (unpaired) electrons. The quantitative estimate of drug-likeness (QED) is 0.361. The summed E-state index contributed by atoms with van der Waals surface area (Å²) in [5, 5.41) is 5.80. The van der Waals surface area contributed by atoms with E-state index in [1.165, 1.54) is 0 Å². The molecular weight excluding hydrogens is 280 g/mol. The van der Waals surface area contributed by atoms with Gasteiger partial charge in [0.25, 0.3) is 5.91 Å². The van der Waals surface area contributed by atoms with Crippen LogP contribution in [-0.2, 0) is 4.74 Å². The number of aryl methyl sites for hydroxylation is 1. The van der Waals surface area contributed by atoms with E-state index in [-0.39, 0.29) is 5.91 Å². The Kier molecular flexibility index (Phi) is 8.67. The maximum Gasteiger partial charge on any atom is 0.251 e. The number of carbonyl (C=O) groups is 1. The Labute approximate surface area is 132 Å². The van der Waals surface area contributed by atoms with Gasteiger partial charge in [-0.2, -0.15) is 0 Å². The summed E-state index contributed by atoms with van der Waals surface area (Å²) in [4.78, 5) is 16.1. The number of hydrogen-bond donors (Lipinski definition) is 3. The third-order valence-corrected chi connectivity index (χ3v) is 2.93. The van der Waals surface area contributed by atoms with Crippen molar-refractivity contribution in [2.45, 2.75) is 20.3 Å². The van der Waals surface area contributed by atoms with E-state index in [1.807, 2.05) is 32.0 Å². The van der Waals surface area contributed by atoms with Crippen LogP contribution in [0.3, 0.4) is 0 Å². The SMILES string of the molecule is CCOCCCN=C(N)NCCNC(=O)c1cccc(C)c1. The number of aliphatic imine (C=N–C) groups is 1. The molecule has 22 heavy (non-hydrogen) atoms. The van der Waals surface area contributed by atoms with E-state index in [0.717, 1.165) is 18.6 Å². The van der Waals surface area contributed by atoms with Crippen molar-refractivity contribution in [3.05, 3.63) is 35.4 Å². The van der Waals surface area contributed by atoms with Gasteiger partial charge in [0, 0.05) is 38.4 Å². The number of hydrogen-bond acceptors (Lipinski definition) is 3. The van der Waals surface area contributed by atoms with E-state index in [0.29, 0.717) is 37.8 Å². The van der Waals surface area contributed by atoms with E-state index >= 15 is 0 Å². The molecule has 0 aromatic heterocycles. The molecule has 4 N–H and O–H groups in total. The first-order chi connectivity index (χ1) is 10.6. The molecule has 0 aliphatic rings. The van der Waals surface area contributed by atoms with E-state index in [9.17, 15) is 4.79 Å². The monoisotopic (exact) mass is 306 g/mol. The number of guanidine groups is 1. The lowest BCUT2D eigenvalue weighted by atomic mass is 10.1. The zero-order valence-corrected chi connectivity index (χ0v) is 13.4. The van der Waals surface area contributed by atoms with Gasteiger partial charge in [-0.05, 0) is 32.4 Å². The Bertz CT molecular complexity index is 489. The summed E-state index contributed by atoms with van der Waals surface area (Å²) >= 11 is 0. The van der Waals surface area contributed by atoms with Crippen molar-refractivity contribution in [3.63, 3.8) is 0 Å². The number of nitrogens with zero attached hydrogens (tertiary/aromatic N) is 1. The lowest BCUT2D eigenvalue weighted by Gasteiger charge is -2.08. The molecule has 122 valence electrons. The molecule has 6 nitrogen and oxygen atoms in total. The van der Waals surface area contributed by atoms with Crippen LogP contribution in [0.2, 0.25) is 0 Å². The van der Waals surface area contributed by atoms with Crippen LogP contribution < -0.4 is 16.4 Å². The van der Waals surface area contributed by atoms with E-state index in [4.69, 9.17) is 10.5 Å². The Morgan fingerprint density at radius 2 is 2.09 bits per heavy atom. The fourth-order valence-electron chi connectivity index (χ4n) is 1.82. The predicted octanol–water partition coefficient (Wildman–Crippen LogP) is 1.06. The largest absolute Gasteiger partial charge is 0.382 e. The van der Waals surface area contributed by atoms with Gasteiger partial charge in [-0.3, -0.25) is 9.79 Å². The van der Waals surface area contributed by atoms with E-state index in [1.54, 1.807) is 6.07 Å². The van der Waals surface area contributed by atoms with Crippen molar-refractivity contribution >= 4 is 11.9 Å². The van der Waals surface area contributed by atoms with E-state index in [2.05, 4.69) is 15.6 Å². The van der Waals surface area contributed by atoms with E-state index < -0.39 is 0 Å². The van der Waals surface area contributed by atoms with Gasteiger partial charge in [0.1, 0.15) is 0 Å². The molecule has 0 atom stereocenters. The smallest absolute Gasteiger partial charge is 0.251 e. The Hall–Kier alpha value is -2.08. The van der Waals surface area contributed by atoms with Crippen molar-refractivity contribution in [1.29, 1.82) is 0 Å². The highest BCUT2D eigenvalue weighted by molar-refractivity contribution is 5.94. The standard InChI is InChI=1S/C16H26N4O2/c1-3-22-11-5-8-19-16(17)20-10-9-18-15(21)14-7-4-6-13(2)12-14/h4,6-7,12H,3,5,8-11H2,1-2H3,(H,18,21)(H3,17,19,20). The van der Waals surface area contributed by atoms with Crippen molar-refractivity contribution in [1.82, 2.24) is 10.6 Å². The number of carbonyl (C=O) groups excluding carboxylic acids is 1. The summed E-state index contributed by atoms with van der Waals surface area (Å²) in [5.41, 5.74) is 7.45. The van der Waals surface area contributed by atoms with Gasteiger partial charge in [-0.15, -0.1) is 0 Å². The van der Waals surface area contributed by atoms with Crippen LogP contribution in [0.4, 0.5) is 0 Å². The molecule has 0 aliphatic heterocycles. The highest BCUT2D eigenvalue weighted by Crippen LogP contribution is 2.03. The third kappa shape index (κ3) is 7.64. The topological polar surface area (TPSA) is 88.7 Å². The first kappa shape index (κ1) is 18.0. The lowest BCUT2D eigenvalue weighted by Crippen LogP contribution is -2.38. The second kappa shape index (κ2) is 10.6. The van der Waals surface area contributed by atoms with Crippen LogP contribution in [0, 0.1) is 6.92 Å². The third-order valence-electron chi connectivity index (χ3n) is 2.93. The average Bonchev–Trinajstić information content (AvgIpc) is 2.51. The fourth-order valence-corrected chi connectivity index (χ4v) is 1.82. The second-order valence-corrected chi connectivity index (χ2v) is 4.87. The summed E-state index contributed by atoms with van der Waals surface area (Å²) in [6, 6.07) is 7.48. The van der Waals surface area contributed by atoms with Crippen LogP contribution in [-0.4, -0.2) is 44.7 Å². The summed E-state index contributed by atoms with van der Waals surface area (Å²) in [6.07, 6.45) is 0.848. The number of amides is 1. The highest BCUT2D eigenvalue weighted by atomic mass is 16.5. The van der Waals surface area contributed by atoms with Gasteiger partial charge >= 0.3 is 0 Å². The lowest BCUT2D eigenvalue weighted by molar-refractivity contribution is 0.0954. The first-order valence-corrected chi connectivity index (χ1v) is 7.60. The molecule has 6 heteroatoms. The molecule has 0 spiro atoms. The van der Waals surface area contributed by atoms with Crippen molar-refractivity contribution in [2.75, 3.05) is 32.8 Å². The second-order valence-electron chi connectivity index (χ2n) is 4.87. The zero-order valence-electron chi connectivity index (χ0n) is 13.4. The number of benzene rings is 1. The van der Waals surface area contributed by atoms with Crippen LogP contribution in [0.15, 0.2) is 29.3 Å². The molecule has 1 aromatic rings. The van der Waals surface area contributed by atoms with Gasteiger partial charge in [-0.25, -0.2) is 0 Å². The van der Waals surface area contributed by atoms with Gasteiger partial charge < -0.3 is 21.1 Å². The number of ether oxygens (including phenoxy) is 1. The molecule has 1 amide bonds. The van der Waals surface area contributed by atoms with Gasteiger partial charge in [0.2, 0.25) is 0 Å². The molecule has 1 rings (SSSR count). The normalized spacial score (nSPS) is 11.3. The van der Waals surface area contributed by atoms with Crippen molar-refractivity contribution < 1.29 is 9.53 Å². The summed E-state index contributed by atoms with van der Waals surface area (Å²) in [5.74, 6) is 0.305. The summed E-state index contributed by atoms with van der Waals surface area (Å²) in [6.45, 7) is 7.00. The molecule has 1 aromatic carbocycles. The molecule has 0 bridgehead atoms. The average molecular weight is 306 g/mol. The maximum atomic E-state index is 11.9. The minimum atomic E-state index is -0.0854. The van der Waals surface area contributed by atoms with Crippen LogP contribution in [0.5, 0.6) is 0 Å².